The van der Waals surface area contributed by atoms with Crippen LogP contribution in [0.3, 0.4) is 0 Å². The van der Waals surface area contributed by atoms with Crippen LogP contribution in [0.1, 0.15) is 21.5 Å². The highest BCUT2D eigenvalue weighted by Gasteiger charge is 2.06. The number of carbonyl (C=O) groups is 1. The molecule has 136 valence electrons. The van der Waals surface area contributed by atoms with Gasteiger partial charge in [0.2, 0.25) is 0 Å². The van der Waals surface area contributed by atoms with Crippen molar-refractivity contribution in [2.24, 2.45) is 0 Å². The quantitative estimate of drug-likeness (QED) is 0.383. The summed E-state index contributed by atoms with van der Waals surface area (Å²) in [5, 5.41) is 0.612. The lowest BCUT2D eigenvalue weighted by molar-refractivity contribution is 0.0662. The minimum atomic E-state index is -0.386. The van der Waals surface area contributed by atoms with Crippen molar-refractivity contribution in [2.45, 2.75) is 13.0 Å². The Bertz CT molecular complexity index is 905. The first-order chi connectivity index (χ1) is 13.2. The monoisotopic (exact) mass is 378 g/mol. The molecule has 3 aromatic rings. The molecule has 0 saturated carbocycles. The largest absolute Gasteiger partial charge is 0.489 e. The summed E-state index contributed by atoms with van der Waals surface area (Å²) >= 11 is 6.10. The summed E-state index contributed by atoms with van der Waals surface area (Å²) < 4.78 is 11.1. The van der Waals surface area contributed by atoms with E-state index in [0.29, 0.717) is 29.4 Å². The van der Waals surface area contributed by atoms with E-state index < -0.39 is 0 Å². The number of halogens is 1. The predicted molar refractivity (Wildman–Crippen MR) is 107 cm³/mol. The van der Waals surface area contributed by atoms with Crippen LogP contribution < -0.4 is 4.74 Å². The molecule has 0 aromatic heterocycles. The van der Waals surface area contributed by atoms with Crippen LogP contribution in [-0.2, 0) is 17.8 Å². The Morgan fingerprint density at radius 3 is 2.37 bits per heavy atom. The first kappa shape index (κ1) is 18.7. The second-order valence-corrected chi connectivity index (χ2v) is 6.31. The smallest absolute Gasteiger partial charge is 0.342 e. The summed E-state index contributed by atoms with van der Waals surface area (Å²) in [6.45, 7) is 0.459. The maximum atomic E-state index is 11.9. The normalized spacial score (nSPS) is 10.7. The van der Waals surface area contributed by atoms with E-state index >= 15 is 0 Å². The SMILES string of the molecule is O=C(OC=CCc1ccc(Cl)cc1OCc1ccccc1)c1ccccc1. The first-order valence-corrected chi connectivity index (χ1v) is 8.96. The molecule has 0 N–H and O–H groups in total. The van der Waals surface area contributed by atoms with Gasteiger partial charge in [0, 0.05) is 5.02 Å². The lowest BCUT2D eigenvalue weighted by atomic mass is 10.1. The second-order valence-electron chi connectivity index (χ2n) is 5.87. The molecular formula is C23H19ClO3. The highest BCUT2D eigenvalue weighted by atomic mass is 35.5. The first-order valence-electron chi connectivity index (χ1n) is 8.58. The van der Waals surface area contributed by atoms with Gasteiger partial charge in [0.15, 0.2) is 0 Å². The summed E-state index contributed by atoms with van der Waals surface area (Å²) in [5.41, 5.74) is 2.55. The molecule has 0 atom stereocenters. The number of benzene rings is 3. The van der Waals surface area contributed by atoms with Gasteiger partial charge in [-0.25, -0.2) is 4.79 Å². The van der Waals surface area contributed by atoms with Crippen LogP contribution in [0.5, 0.6) is 5.75 Å². The second kappa shape index (κ2) is 9.60. The Labute approximate surface area is 163 Å². The highest BCUT2D eigenvalue weighted by molar-refractivity contribution is 6.30. The number of hydrogen-bond acceptors (Lipinski definition) is 3. The average molecular weight is 379 g/mol. The van der Waals surface area contributed by atoms with Crippen molar-refractivity contribution >= 4 is 17.6 Å². The van der Waals surface area contributed by atoms with Gasteiger partial charge < -0.3 is 9.47 Å². The van der Waals surface area contributed by atoms with E-state index in [1.54, 1.807) is 36.4 Å². The number of rotatable bonds is 7. The van der Waals surface area contributed by atoms with Gasteiger partial charge in [0.05, 0.1) is 11.8 Å². The molecule has 0 fully saturated rings. The van der Waals surface area contributed by atoms with Gasteiger partial charge in [-0.3, -0.25) is 0 Å². The fraction of sp³-hybridized carbons (Fsp3) is 0.0870. The highest BCUT2D eigenvalue weighted by Crippen LogP contribution is 2.25. The Morgan fingerprint density at radius 1 is 0.926 bits per heavy atom. The predicted octanol–water partition coefficient (Wildman–Crippen LogP) is 5.83. The van der Waals surface area contributed by atoms with Gasteiger partial charge in [-0.05, 0) is 47.9 Å². The molecule has 0 aliphatic heterocycles. The van der Waals surface area contributed by atoms with E-state index in [0.717, 1.165) is 11.1 Å². The molecular weight excluding hydrogens is 360 g/mol. The van der Waals surface area contributed by atoms with Crippen LogP contribution in [0, 0.1) is 0 Å². The van der Waals surface area contributed by atoms with Gasteiger partial charge in [0.1, 0.15) is 12.4 Å². The molecule has 27 heavy (non-hydrogen) atoms. The fourth-order valence-electron chi connectivity index (χ4n) is 2.49. The van der Waals surface area contributed by atoms with Gasteiger partial charge in [-0.1, -0.05) is 66.2 Å². The summed E-state index contributed by atoms with van der Waals surface area (Å²) in [4.78, 5) is 11.9. The van der Waals surface area contributed by atoms with Gasteiger partial charge in [-0.15, -0.1) is 0 Å². The Kier molecular flexibility index (Phi) is 6.66. The molecule has 0 radical (unpaired) electrons. The van der Waals surface area contributed by atoms with Crippen molar-refractivity contribution in [3.63, 3.8) is 0 Å². The van der Waals surface area contributed by atoms with Crippen LogP contribution in [0.4, 0.5) is 0 Å². The topological polar surface area (TPSA) is 35.5 Å². The van der Waals surface area contributed by atoms with Crippen LogP contribution >= 0.6 is 11.6 Å². The van der Waals surface area contributed by atoms with Crippen molar-refractivity contribution in [3.05, 3.63) is 113 Å². The van der Waals surface area contributed by atoms with Crippen molar-refractivity contribution < 1.29 is 14.3 Å². The zero-order valence-corrected chi connectivity index (χ0v) is 15.4. The van der Waals surface area contributed by atoms with Crippen molar-refractivity contribution in [1.82, 2.24) is 0 Å². The van der Waals surface area contributed by atoms with E-state index in [2.05, 4.69) is 0 Å². The maximum absolute atomic E-state index is 11.9. The van der Waals surface area contributed by atoms with Crippen molar-refractivity contribution in [1.29, 1.82) is 0 Å². The molecule has 0 heterocycles. The molecule has 3 nitrogen and oxygen atoms in total. The number of hydrogen-bond donors (Lipinski definition) is 0. The lowest BCUT2D eigenvalue weighted by Gasteiger charge is -2.11. The third kappa shape index (κ3) is 5.73. The Hall–Kier alpha value is -3.04. The van der Waals surface area contributed by atoms with Crippen LogP contribution in [0.15, 0.2) is 91.2 Å². The summed E-state index contributed by atoms with van der Waals surface area (Å²) in [6, 6.07) is 24.3. The van der Waals surface area contributed by atoms with E-state index in [-0.39, 0.29) is 5.97 Å². The maximum Gasteiger partial charge on any atom is 0.342 e. The molecule has 0 aliphatic carbocycles. The number of esters is 1. The molecule has 0 spiro atoms. The third-order valence-corrected chi connectivity index (χ3v) is 4.12. The summed E-state index contributed by atoms with van der Waals surface area (Å²) in [6.07, 6.45) is 3.74. The van der Waals surface area contributed by atoms with E-state index in [9.17, 15) is 4.79 Å². The minimum Gasteiger partial charge on any atom is -0.489 e. The van der Waals surface area contributed by atoms with Gasteiger partial charge in [-0.2, -0.15) is 0 Å². The molecule has 3 rings (SSSR count). The Balaban J connectivity index is 1.60. The average Bonchev–Trinajstić information content (AvgIpc) is 2.72. The van der Waals surface area contributed by atoms with Gasteiger partial charge in [0.25, 0.3) is 0 Å². The number of allylic oxidation sites excluding steroid dienone is 1. The van der Waals surface area contributed by atoms with Crippen molar-refractivity contribution in [2.75, 3.05) is 0 Å². The third-order valence-electron chi connectivity index (χ3n) is 3.88. The molecule has 0 unspecified atom stereocenters. The number of ether oxygens (including phenoxy) is 2. The van der Waals surface area contributed by atoms with Crippen LogP contribution in [-0.4, -0.2) is 5.97 Å². The van der Waals surface area contributed by atoms with Crippen LogP contribution in [0.25, 0.3) is 0 Å². The van der Waals surface area contributed by atoms with Crippen LogP contribution in [0.2, 0.25) is 5.02 Å². The Morgan fingerprint density at radius 2 is 1.63 bits per heavy atom. The molecule has 0 bridgehead atoms. The minimum absolute atomic E-state index is 0.386. The van der Waals surface area contributed by atoms with Gasteiger partial charge >= 0.3 is 5.97 Å². The lowest BCUT2D eigenvalue weighted by Crippen LogP contribution is -2.00. The van der Waals surface area contributed by atoms with E-state index in [1.807, 2.05) is 48.5 Å². The summed E-state index contributed by atoms with van der Waals surface area (Å²) in [7, 11) is 0. The van der Waals surface area contributed by atoms with E-state index in [4.69, 9.17) is 21.1 Å². The van der Waals surface area contributed by atoms with E-state index in [1.165, 1.54) is 6.26 Å². The molecule has 0 amide bonds. The molecule has 0 saturated heterocycles. The van der Waals surface area contributed by atoms with Crippen molar-refractivity contribution in [3.8, 4) is 5.75 Å². The number of carbonyl (C=O) groups excluding carboxylic acids is 1. The summed E-state index contributed by atoms with van der Waals surface area (Å²) in [5.74, 6) is 0.328. The molecule has 0 aliphatic rings. The molecule has 3 aromatic carbocycles. The molecule has 4 heteroatoms. The fourth-order valence-corrected chi connectivity index (χ4v) is 2.66. The zero-order chi connectivity index (χ0) is 18.9. The standard InChI is InChI=1S/C23H19ClO3/c24-21-14-13-19(22(16-21)27-17-18-8-3-1-4-9-18)12-7-15-26-23(25)20-10-5-2-6-11-20/h1-11,13-16H,12,17H2. The zero-order valence-electron chi connectivity index (χ0n) is 14.7.